The molecule has 0 aliphatic carbocycles. The lowest BCUT2D eigenvalue weighted by molar-refractivity contribution is 0.411. The Bertz CT molecular complexity index is 397. The maximum Gasteiger partial charge on any atom is 0.121 e. The van der Waals surface area contributed by atoms with Gasteiger partial charge >= 0.3 is 0 Å². The number of nitrogens with two attached hydrogens (primary N) is 1. The van der Waals surface area contributed by atoms with Crippen LogP contribution >= 0.6 is 11.6 Å². The third-order valence-electron chi connectivity index (χ3n) is 3.38. The fourth-order valence-electron chi connectivity index (χ4n) is 2.41. The molecule has 2 N–H and O–H groups in total. The Morgan fingerprint density at radius 1 is 1.47 bits per heavy atom. The van der Waals surface area contributed by atoms with E-state index in [1.165, 1.54) is 0 Å². The van der Waals surface area contributed by atoms with Gasteiger partial charge in [0.15, 0.2) is 0 Å². The Kier molecular flexibility index (Phi) is 3.79. The van der Waals surface area contributed by atoms with Crippen LogP contribution in [0.4, 0.5) is 5.69 Å². The first-order valence-electron chi connectivity index (χ1n) is 5.97. The highest BCUT2D eigenvalue weighted by Gasteiger charge is 2.24. The molecule has 0 spiro atoms. The zero-order chi connectivity index (χ0) is 12.4. The molecule has 0 bridgehead atoms. The van der Waals surface area contributed by atoms with E-state index in [2.05, 4.69) is 11.8 Å². The van der Waals surface area contributed by atoms with Gasteiger partial charge in [0.25, 0.3) is 0 Å². The van der Waals surface area contributed by atoms with Gasteiger partial charge in [-0.25, -0.2) is 0 Å². The summed E-state index contributed by atoms with van der Waals surface area (Å²) in [6.07, 6.45) is 2.02. The zero-order valence-electron chi connectivity index (χ0n) is 10.3. The molecule has 3 nitrogen and oxygen atoms in total. The normalized spacial score (nSPS) is 24.8. The first-order chi connectivity index (χ1) is 8.11. The average molecular weight is 255 g/mol. The number of hydrogen-bond acceptors (Lipinski definition) is 3. The summed E-state index contributed by atoms with van der Waals surface area (Å²) in [5.74, 6) is 0.839. The molecule has 1 aliphatic rings. The summed E-state index contributed by atoms with van der Waals surface area (Å²) in [6.45, 7) is 3.14. The van der Waals surface area contributed by atoms with E-state index in [9.17, 15) is 0 Å². The summed E-state index contributed by atoms with van der Waals surface area (Å²) in [7, 11) is 1.67. The number of benzene rings is 1. The van der Waals surface area contributed by atoms with E-state index in [0.29, 0.717) is 12.1 Å². The highest BCUT2D eigenvalue weighted by Crippen LogP contribution is 2.33. The molecule has 1 aromatic carbocycles. The van der Waals surface area contributed by atoms with Crippen molar-refractivity contribution in [1.29, 1.82) is 0 Å². The number of ether oxygens (including phenoxy) is 1. The predicted molar refractivity (Wildman–Crippen MR) is 72.0 cm³/mol. The summed E-state index contributed by atoms with van der Waals surface area (Å²) in [5.41, 5.74) is 7.02. The molecule has 1 aliphatic heterocycles. The van der Waals surface area contributed by atoms with Gasteiger partial charge in [0.1, 0.15) is 5.75 Å². The van der Waals surface area contributed by atoms with Crippen molar-refractivity contribution in [2.75, 3.05) is 18.6 Å². The SMILES string of the molecule is COc1ccc(Cl)c(N2CCC(N)CC2C)c1. The minimum absolute atomic E-state index is 0.311. The van der Waals surface area contributed by atoms with E-state index >= 15 is 0 Å². The Labute approximate surface area is 107 Å². The van der Waals surface area contributed by atoms with E-state index in [1.807, 2.05) is 18.2 Å². The van der Waals surface area contributed by atoms with Crippen LogP contribution in [0.15, 0.2) is 18.2 Å². The van der Waals surface area contributed by atoms with Gasteiger partial charge in [0.05, 0.1) is 17.8 Å². The van der Waals surface area contributed by atoms with E-state index in [-0.39, 0.29) is 0 Å². The second-order valence-corrected chi connectivity index (χ2v) is 5.05. The summed E-state index contributed by atoms with van der Waals surface area (Å²) in [4.78, 5) is 2.31. The van der Waals surface area contributed by atoms with Gasteiger partial charge in [-0.1, -0.05) is 11.6 Å². The monoisotopic (exact) mass is 254 g/mol. The average Bonchev–Trinajstić information content (AvgIpc) is 2.30. The van der Waals surface area contributed by atoms with Gasteiger partial charge in [0, 0.05) is 24.7 Å². The first kappa shape index (κ1) is 12.5. The van der Waals surface area contributed by atoms with E-state index in [1.54, 1.807) is 7.11 Å². The Hall–Kier alpha value is -0.930. The number of halogens is 1. The first-order valence-corrected chi connectivity index (χ1v) is 6.35. The van der Waals surface area contributed by atoms with Crippen molar-refractivity contribution in [1.82, 2.24) is 0 Å². The van der Waals surface area contributed by atoms with Crippen molar-refractivity contribution < 1.29 is 4.74 Å². The van der Waals surface area contributed by atoms with Crippen LogP contribution in [0, 0.1) is 0 Å². The van der Waals surface area contributed by atoms with Crippen molar-refractivity contribution in [2.45, 2.75) is 31.8 Å². The van der Waals surface area contributed by atoms with Gasteiger partial charge in [-0.15, -0.1) is 0 Å². The summed E-state index contributed by atoms with van der Waals surface area (Å²) >= 11 is 6.26. The Morgan fingerprint density at radius 2 is 2.24 bits per heavy atom. The maximum atomic E-state index is 6.26. The number of hydrogen-bond donors (Lipinski definition) is 1. The highest BCUT2D eigenvalue weighted by molar-refractivity contribution is 6.33. The molecular weight excluding hydrogens is 236 g/mol. The van der Waals surface area contributed by atoms with E-state index in [0.717, 1.165) is 35.8 Å². The van der Waals surface area contributed by atoms with Crippen molar-refractivity contribution in [3.8, 4) is 5.75 Å². The molecule has 2 atom stereocenters. The predicted octanol–water partition coefficient (Wildman–Crippen LogP) is 2.66. The molecule has 0 radical (unpaired) electrons. The molecular formula is C13H19ClN2O. The van der Waals surface area contributed by atoms with Gasteiger partial charge in [0.2, 0.25) is 0 Å². The maximum absolute atomic E-state index is 6.26. The molecule has 94 valence electrons. The van der Waals surface area contributed by atoms with Gasteiger partial charge in [-0.2, -0.15) is 0 Å². The third kappa shape index (κ3) is 2.67. The molecule has 4 heteroatoms. The number of rotatable bonds is 2. The fourth-order valence-corrected chi connectivity index (χ4v) is 2.63. The minimum Gasteiger partial charge on any atom is -0.497 e. The summed E-state index contributed by atoms with van der Waals surface area (Å²) in [5, 5.41) is 0.771. The molecule has 17 heavy (non-hydrogen) atoms. The zero-order valence-corrected chi connectivity index (χ0v) is 11.1. The number of nitrogens with zero attached hydrogens (tertiary/aromatic N) is 1. The summed E-state index contributed by atoms with van der Waals surface area (Å²) in [6, 6.07) is 6.49. The highest BCUT2D eigenvalue weighted by atomic mass is 35.5. The molecule has 2 unspecified atom stereocenters. The number of anilines is 1. The standard InChI is InChI=1S/C13H19ClN2O/c1-9-7-10(15)5-6-16(9)13-8-11(17-2)3-4-12(13)14/h3-4,8-10H,5-7,15H2,1-2H3. The molecule has 1 fully saturated rings. The van der Waals surface area contributed by atoms with Crippen LogP contribution in [0.25, 0.3) is 0 Å². The smallest absolute Gasteiger partial charge is 0.121 e. The lowest BCUT2D eigenvalue weighted by atomic mass is 9.98. The van der Waals surface area contributed by atoms with Crippen LogP contribution in [0.1, 0.15) is 19.8 Å². The third-order valence-corrected chi connectivity index (χ3v) is 3.70. The van der Waals surface area contributed by atoms with Crippen molar-refractivity contribution in [3.05, 3.63) is 23.2 Å². The van der Waals surface area contributed by atoms with E-state index in [4.69, 9.17) is 22.1 Å². The largest absolute Gasteiger partial charge is 0.497 e. The van der Waals surface area contributed by atoms with Crippen LogP contribution < -0.4 is 15.4 Å². The Morgan fingerprint density at radius 3 is 2.88 bits per heavy atom. The second kappa shape index (κ2) is 5.15. The topological polar surface area (TPSA) is 38.5 Å². The van der Waals surface area contributed by atoms with Crippen LogP contribution in [0.2, 0.25) is 5.02 Å². The van der Waals surface area contributed by atoms with Gasteiger partial charge < -0.3 is 15.4 Å². The Balaban J connectivity index is 2.26. The molecule has 0 amide bonds. The fraction of sp³-hybridized carbons (Fsp3) is 0.538. The minimum atomic E-state index is 0.311. The van der Waals surface area contributed by atoms with E-state index < -0.39 is 0 Å². The molecule has 1 heterocycles. The van der Waals surface area contributed by atoms with Gasteiger partial charge in [-0.05, 0) is 31.9 Å². The van der Waals surface area contributed by atoms with Crippen molar-refractivity contribution in [2.24, 2.45) is 5.73 Å². The molecule has 0 saturated carbocycles. The van der Waals surface area contributed by atoms with Gasteiger partial charge in [-0.3, -0.25) is 0 Å². The summed E-state index contributed by atoms with van der Waals surface area (Å²) < 4.78 is 5.25. The van der Waals surface area contributed by atoms with Crippen LogP contribution in [-0.4, -0.2) is 25.7 Å². The molecule has 2 rings (SSSR count). The molecule has 1 aromatic rings. The molecule has 0 aromatic heterocycles. The van der Waals surface area contributed by atoms with Crippen LogP contribution in [0.5, 0.6) is 5.75 Å². The quantitative estimate of drug-likeness (QED) is 0.882. The van der Waals surface area contributed by atoms with Crippen molar-refractivity contribution in [3.63, 3.8) is 0 Å². The number of piperidine rings is 1. The van der Waals surface area contributed by atoms with Crippen LogP contribution in [-0.2, 0) is 0 Å². The van der Waals surface area contributed by atoms with Crippen LogP contribution in [0.3, 0.4) is 0 Å². The van der Waals surface area contributed by atoms with Crippen molar-refractivity contribution >= 4 is 17.3 Å². The lowest BCUT2D eigenvalue weighted by Gasteiger charge is -2.38. The molecule has 1 saturated heterocycles. The lowest BCUT2D eigenvalue weighted by Crippen LogP contribution is -2.45. The number of methoxy groups -OCH3 is 1. The second-order valence-electron chi connectivity index (χ2n) is 4.64.